The Hall–Kier alpha value is -2.22. The van der Waals surface area contributed by atoms with Crippen LogP contribution in [0, 0.1) is 12.8 Å². The van der Waals surface area contributed by atoms with Crippen molar-refractivity contribution in [1.82, 2.24) is 9.88 Å². The second-order valence-electron chi connectivity index (χ2n) is 8.10. The highest BCUT2D eigenvalue weighted by Crippen LogP contribution is 2.25. The molecule has 1 amide bonds. The summed E-state index contributed by atoms with van der Waals surface area (Å²) < 4.78 is 5.40. The van der Waals surface area contributed by atoms with Gasteiger partial charge in [0.15, 0.2) is 17.9 Å². The number of carbonyl (C=O) groups excluding carboxylic acids is 2. The van der Waals surface area contributed by atoms with Gasteiger partial charge in [-0.3, -0.25) is 9.59 Å². The van der Waals surface area contributed by atoms with E-state index >= 15 is 0 Å². The van der Waals surface area contributed by atoms with Crippen molar-refractivity contribution in [3.05, 3.63) is 41.9 Å². The number of aromatic nitrogens is 1. The number of nitrogens with two attached hydrogens (primary N) is 1. The molecule has 1 aliphatic heterocycles. The molecule has 0 unspecified atom stereocenters. The van der Waals surface area contributed by atoms with Crippen molar-refractivity contribution in [2.45, 2.75) is 58.2 Å². The number of aliphatic hydroxyl groups is 1. The number of nitrogens with zero attached hydrogens (tertiary/aromatic N) is 2. The van der Waals surface area contributed by atoms with E-state index < -0.39 is 18.2 Å². The van der Waals surface area contributed by atoms with Gasteiger partial charge in [-0.25, -0.2) is 4.98 Å². The minimum Gasteiger partial charge on any atom is -0.443 e. The Morgan fingerprint density at radius 1 is 1.30 bits per heavy atom. The van der Waals surface area contributed by atoms with Crippen LogP contribution >= 0.6 is 12.4 Å². The summed E-state index contributed by atoms with van der Waals surface area (Å²) in [5.41, 5.74) is 8.77. The lowest BCUT2D eigenvalue weighted by molar-refractivity contribution is -0.139. The average molecular weight is 436 g/mol. The Labute approximate surface area is 183 Å². The van der Waals surface area contributed by atoms with E-state index in [1.165, 1.54) is 11.3 Å². The third-order valence-corrected chi connectivity index (χ3v) is 5.56. The Morgan fingerprint density at radius 2 is 1.97 bits per heavy atom. The first-order valence-electron chi connectivity index (χ1n) is 10.0. The molecule has 2 heterocycles. The van der Waals surface area contributed by atoms with Gasteiger partial charge in [0.25, 0.3) is 0 Å². The smallest absolute Gasteiger partial charge is 0.240 e. The summed E-state index contributed by atoms with van der Waals surface area (Å²) in [6.45, 7) is 5.80. The van der Waals surface area contributed by atoms with E-state index in [9.17, 15) is 14.7 Å². The molecule has 1 saturated heterocycles. The summed E-state index contributed by atoms with van der Waals surface area (Å²) in [6, 6.07) is 6.56. The van der Waals surface area contributed by atoms with Crippen LogP contribution in [0.25, 0.3) is 11.3 Å². The molecule has 3 rings (SSSR count). The van der Waals surface area contributed by atoms with Gasteiger partial charge >= 0.3 is 0 Å². The first-order chi connectivity index (χ1) is 13.8. The maximum Gasteiger partial charge on any atom is 0.240 e. The number of aryl methyl sites for hydroxylation is 2. The van der Waals surface area contributed by atoms with Gasteiger partial charge in [-0.2, -0.15) is 0 Å². The summed E-state index contributed by atoms with van der Waals surface area (Å²) in [4.78, 5) is 31.0. The standard InChI is InChI=1S/C22H29N3O4.ClH/c1-13(2)20(23)22(28)25-11-17(26)10-18(25)19(27)9-6-15-4-7-16(8-5-15)21-14(3)24-12-29-21;/h4-5,7-8,12-13,17-18,20,26H,6,9-11,23H2,1-3H3;1H/t17-,18+,20+;/m1./s1. The van der Waals surface area contributed by atoms with Crippen molar-refractivity contribution in [2.24, 2.45) is 11.7 Å². The summed E-state index contributed by atoms with van der Waals surface area (Å²) in [5.74, 6) is 0.411. The number of Topliss-reactive ketones (excluding diaryl/α,β-unsaturated/α-hetero) is 1. The molecule has 3 N–H and O–H groups in total. The number of amides is 1. The number of likely N-dealkylation sites (tertiary alicyclic amines) is 1. The molecule has 0 saturated carbocycles. The van der Waals surface area contributed by atoms with E-state index in [1.54, 1.807) is 0 Å². The van der Waals surface area contributed by atoms with E-state index in [0.29, 0.717) is 12.8 Å². The van der Waals surface area contributed by atoms with Crippen molar-refractivity contribution in [1.29, 1.82) is 0 Å². The Balaban J connectivity index is 0.00000320. The zero-order valence-corrected chi connectivity index (χ0v) is 18.4. The lowest BCUT2D eigenvalue weighted by atomic mass is 9.99. The van der Waals surface area contributed by atoms with Crippen LogP contribution in [0.5, 0.6) is 0 Å². The van der Waals surface area contributed by atoms with Crippen LogP contribution in [-0.2, 0) is 16.0 Å². The molecule has 0 spiro atoms. The van der Waals surface area contributed by atoms with Gasteiger partial charge in [0.1, 0.15) is 0 Å². The number of halogens is 1. The molecule has 164 valence electrons. The molecule has 1 aromatic heterocycles. The largest absolute Gasteiger partial charge is 0.443 e. The number of β-amino-alcohol motifs (C(OH)–C–C–N with tert-alkyl or cyclic N) is 1. The van der Waals surface area contributed by atoms with Crippen molar-refractivity contribution in [2.75, 3.05) is 6.54 Å². The molecule has 0 aliphatic carbocycles. The van der Waals surface area contributed by atoms with Gasteiger partial charge in [0.05, 0.1) is 23.9 Å². The molecule has 8 heteroatoms. The molecule has 7 nitrogen and oxygen atoms in total. The minimum absolute atomic E-state index is 0. The van der Waals surface area contributed by atoms with Crippen molar-refractivity contribution in [3.63, 3.8) is 0 Å². The maximum absolute atomic E-state index is 12.8. The SMILES string of the molecule is Cc1ncoc1-c1ccc(CCC(=O)[C@@H]2C[C@@H](O)CN2C(=O)[C@@H](N)C(C)C)cc1.Cl. The quantitative estimate of drug-likeness (QED) is 0.691. The fourth-order valence-corrected chi connectivity index (χ4v) is 3.68. The molecule has 30 heavy (non-hydrogen) atoms. The van der Waals surface area contributed by atoms with Crippen LogP contribution in [0.3, 0.4) is 0 Å². The molecular formula is C22H30ClN3O4. The molecular weight excluding hydrogens is 406 g/mol. The van der Waals surface area contributed by atoms with Gasteiger partial charge in [-0.05, 0) is 24.8 Å². The molecule has 1 aliphatic rings. The van der Waals surface area contributed by atoms with Crippen LogP contribution in [0.15, 0.2) is 35.1 Å². The van der Waals surface area contributed by atoms with Gasteiger partial charge < -0.3 is 20.2 Å². The number of carbonyl (C=O) groups is 2. The predicted molar refractivity (Wildman–Crippen MR) is 116 cm³/mol. The molecule has 0 bridgehead atoms. The van der Waals surface area contributed by atoms with Gasteiger partial charge in [-0.1, -0.05) is 38.1 Å². The van der Waals surface area contributed by atoms with E-state index in [1.807, 2.05) is 45.0 Å². The number of oxazole rings is 1. The molecule has 1 fully saturated rings. The third-order valence-electron chi connectivity index (χ3n) is 5.56. The maximum atomic E-state index is 12.8. The van der Waals surface area contributed by atoms with Crippen LogP contribution in [0.2, 0.25) is 0 Å². The fraction of sp³-hybridized carbons (Fsp3) is 0.500. The van der Waals surface area contributed by atoms with Crippen molar-refractivity contribution >= 4 is 24.1 Å². The van der Waals surface area contributed by atoms with E-state index in [4.69, 9.17) is 10.2 Å². The summed E-state index contributed by atoms with van der Waals surface area (Å²) in [7, 11) is 0. The second kappa shape index (κ2) is 10.2. The van der Waals surface area contributed by atoms with Crippen LogP contribution in [-0.4, -0.2) is 51.4 Å². The van der Waals surface area contributed by atoms with Crippen LogP contribution in [0.1, 0.15) is 37.9 Å². The number of ketones is 1. The van der Waals surface area contributed by atoms with Crippen molar-refractivity contribution < 1.29 is 19.1 Å². The topological polar surface area (TPSA) is 110 Å². The normalized spacial score (nSPS) is 19.6. The number of rotatable bonds is 7. The lowest BCUT2D eigenvalue weighted by Crippen LogP contribution is -2.50. The van der Waals surface area contributed by atoms with E-state index in [2.05, 4.69) is 4.98 Å². The lowest BCUT2D eigenvalue weighted by Gasteiger charge is -2.27. The van der Waals surface area contributed by atoms with Gasteiger partial charge in [-0.15, -0.1) is 12.4 Å². The Morgan fingerprint density at radius 3 is 2.53 bits per heavy atom. The summed E-state index contributed by atoms with van der Waals surface area (Å²) in [5, 5.41) is 10.0. The monoisotopic (exact) mass is 435 g/mol. The number of benzene rings is 1. The molecule has 0 radical (unpaired) electrons. The van der Waals surface area contributed by atoms with E-state index in [-0.39, 0.29) is 43.0 Å². The molecule has 3 atom stereocenters. The van der Waals surface area contributed by atoms with Gasteiger partial charge in [0, 0.05) is 24.9 Å². The molecule has 2 aromatic rings. The zero-order valence-electron chi connectivity index (χ0n) is 17.6. The van der Waals surface area contributed by atoms with Crippen molar-refractivity contribution in [3.8, 4) is 11.3 Å². The summed E-state index contributed by atoms with van der Waals surface area (Å²) in [6.07, 6.45) is 1.89. The summed E-state index contributed by atoms with van der Waals surface area (Å²) >= 11 is 0. The first-order valence-corrected chi connectivity index (χ1v) is 10.0. The van der Waals surface area contributed by atoms with E-state index in [0.717, 1.165) is 22.6 Å². The van der Waals surface area contributed by atoms with Crippen LogP contribution in [0.4, 0.5) is 0 Å². The first kappa shape index (κ1) is 24.1. The highest BCUT2D eigenvalue weighted by atomic mass is 35.5. The third kappa shape index (κ3) is 5.28. The highest BCUT2D eigenvalue weighted by molar-refractivity contribution is 5.91. The zero-order chi connectivity index (χ0) is 21.1. The number of hydrogen-bond donors (Lipinski definition) is 2. The molecule has 1 aromatic carbocycles. The Kier molecular flexibility index (Phi) is 8.18. The van der Waals surface area contributed by atoms with Gasteiger partial charge in [0.2, 0.25) is 5.91 Å². The minimum atomic E-state index is -0.684. The second-order valence-corrected chi connectivity index (χ2v) is 8.10. The predicted octanol–water partition coefficient (Wildman–Crippen LogP) is 2.52. The van der Waals surface area contributed by atoms with Crippen LogP contribution < -0.4 is 5.73 Å². The number of hydrogen-bond acceptors (Lipinski definition) is 6. The fourth-order valence-electron chi connectivity index (χ4n) is 3.68. The average Bonchev–Trinajstić information content (AvgIpc) is 3.30. The number of aliphatic hydroxyl groups excluding tert-OH is 1. The highest BCUT2D eigenvalue weighted by Gasteiger charge is 2.40. The Bertz CT molecular complexity index is 866.